The van der Waals surface area contributed by atoms with Crippen molar-refractivity contribution in [1.82, 2.24) is 10.3 Å². The van der Waals surface area contributed by atoms with E-state index >= 15 is 0 Å². The molecule has 0 fully saturated rings. The van der Waals surface area contributed by atoms with Crippen LogP contribution in [0.3, 0.4) is 0 Å². The second-order valence-electron chi connectivity index (χ2n) is 4.88. The van der Waals surface area contributed by atoms with Crippen molar-refractivity contribution in [1.29, 1.82) is 0 Å². The molecule has 1 heterocycles. The van der Waals surface area contributed by atoms with Crippen LogP contribution in [0.4, 0.5) is 0 Å². The van der Waals surface area contributed by atoms with Crippen molar-refractivity contribution in [2.45, 2.75) is 19.3 Å². The molecule has 0 unspecified atom stereocenters. The molecule has 0 spiro atoms. The maximum absolute atomic E-state index is 11.8. The van der Waals surface area contributed by atoms with Gasteiger partial charge >= 0.3 is 0 Å². The van der Waals surface area contributed by atoms with E-state index in [1.54, 1.807) is 19.4 Å². The van der Waals surface area contributed by atoms with Crippen molar-refractivity contribution >= 4 is 17.5 Å². The fraction of sp³-hybridized carbons (Fsp3) is 0.294. The van der Waals surface area contributed by atoms with E-state index < -0.39 is 0 Å². The van der Waals surface area contributed by atoms with Crippen LogP contribution in [0, 0.1) is 0 Å². The molecule has 0 aliphatic rings. The van der Waals surface area contributed by atoms with Crippen LogP contribution in [-0.4, -0.2) is 24.5 Å². The Morgan fingerprint density at radius 2 is 2.14 bits per heavy atom. The van der Waals surface area contributed by atoms with Crippen LogP contribution in [0.1, 0.15) is 17.7 Å². The van der Waals surface area contributed by atoms with E-state index in [-0.39, 0.29) is 5.91 Å². The van der Waals surface area contributed by atoms with E-state index in [4.69, 9.17) is 16.3 Å². The number of nitrogens with one attached hydrogen (secondary N) is 1. The third-order valence-corrected chi connectivity index (χ3v) is 3.66. The minimum atomic E-state index is 0.0234. The molecule has 1 amide bonds. The molecule has 2 rings (SSSR count). The van der Waals surface area contributed by atoms with Gasteiger partial charge in [0.15, 0.2) is 0 Å². The van der Waals surface area contributed by atoms with Crippen molar-refractivity contribution in [2.24, 2.45) is 0 Å². The van der Waals surface area contributed by atoms with Gasteiger partial charge in [0.25, 0.3) is 0 Å². The Morgan fingerprint density at radius 1 is 1.27 bits per heavy atom. The van der Waals surface area contributed by atoms with E-state index in [2.05, 4.69) is 10.3 Å². The standard InChI is InChI=1S/C17H19ClN2O2/c1-22-15-7-5-13(16(18)12-15)9-11-20-17(21)8-6-14-4-2-3-10-19-14/h2-5,7,10,12H,6,8-9,11H2,1H3,(H,20,21). The highest BCUT2D eigenvalue weighted by atomic mass is 35.5. The summed E-state index contributed by atoms with van der Waals surface area (Å²) in [6, 6.07) is 11.3. The number of nitrogens with zero attached hydrogens (tertiary/aromatic N) is 1. The maximum atomic E-state index is 11.8. The van der Waals surface area contributed by atoms with Gasteiger partial charge in [-0.1, -0.05) is 23.7 Å². The fourth-order valence-corrected chi connectivity index (χ4v) is 2.34. The summed E-state index contributed by atoms with van der Waals surface area (Å²) in [7, 11) is 1.60. The predicted octanol–water partition coefficient (Wildman–Crippen LogP) is 3.04. The molecule has 0 bridgehead atoms. The average Bonchev–Trinajstić information content (AvgIpc) is 2.55. The predicted molar refractivity (Wildman–Crippen MR) is 87.3 cm³/mol. The number of aromatic nitrogens is 1. The van der Waals surface area contributed by atoms with Gasteiger partial charge in [-0.05, 0) is 42.7 Å². The Balaban J connectivity index is 1.73. The van der Waals surface area contributed by atoms with Crippen LogP contribution in [0.5, 0.6) is 5.75 Å². The van der Waals surface area contributed by atoms with Crippen LogP contribution in [0.25, 0.3) is 0 Å². The third-order valence-electron chi connectivity index (χ3n) is 3.31. The van der Waals surface area contributed by atoms with Gasteiger partial charge in [-0.3, -0.25) is 9.78 Å². The molecule has 0 aliphatic carbocycles. The molecule has 2 aromatic rings. The first-order chi connectivity index (χ1) is 10.7. The highest BCUT2D eigenvalue weighted by Gasteiger charge is 2.05. The molecular weight excluding hydrogens is 300 g/mol. The molecule has 1 N–H and O–H groups in total. The Labute approximate surface area is 135 Å². The molecule has 1 aromatic carbocycles. The Bertz CT molecular complexity index is 617. The van der Waals surface area contributed by atoms with Gasteiger partial charge in [0.2, 0.25) is 5.91 Å². The summed E-state index contributed by atoms with van der Waals surface area (Å²) in [5, 5.41) is 3.56. The molecule has 1 aromatic heterocycles. The number of halogens is 1. The number of ether oxygens (including phenoxy) is 1. The zero-order valence-corrected chi connectivity index (χ0v) is 13.3. The largest absolute Gasteiger partial charge is 0.497 e. The van der Waals surface area contributed by atoms with Crippen molar-refractivity contribution in [2.75, 3.05) is 13.7 Å². The van der Waals surface area contributed by atoms with Gasteiger partial charge in [0.05, 0.1) is 7.11 Å². The first-order valence-electron chi connectivity index (χ1n) is 7.18. The van der Waals surface area contributed by atoms with Gasteiger partial charge in [-0.15, -0.1) is 0 Å². The number of hydrogen-bond donors (Lipinski definition) is 1. The number of carbonyl (C=O) groups excluding carboxylic acids is 1. The number of hydrogen-bond acceptors (Lipinski definition) is 3. The van der Waals surface area contributed by atoms with E-state index in [1.165, 1.54) is 0 Å². The zero-order valence-electron chi connectivity index (χ0n) is 12.5. The van der Waals surface area contributed by atoms with E-state index in [0.29, 0.717) is 30.8 Å². The Kier molecular flexibility index (Phi) is 6.22. The number of methoxy groups -OCH3 is 1. The number of rotatable bonds is 7. The Hall–Kier alpha value is -2.07. The van der Waals surface area contributed by atoms with Crippen molar-refractivity contribution in [3.8, 4) is 5.75 Å². The number of benzene rings is 1. The number of amides is 1. The summed E-state index contributed by atoms with van der Waals surface area (Å²) in [5.74, 6) is 0.753. The lowest BCUT2D eigenvalue weighted by atomic mass is 10.1. The van der Waals surface area contributed by atoms with Crippen LogP contribution in [-0.2, 0) is 17.6 Å². The van der Waals surface area contributed by atoms with Gasteiger partial charge in [0, 0.05) is 29.9 Å². The van der Waals surface area contributed by atoms with Crippen LogP contribution in [0.2, 0.25) is 5.02 Å². The maximum Gasteiger partial charge on any atom is 0.220 e. The average molecular weight is 319 g/mol. The number of carbonyl (C=O) groups is 1. The lowest BCUT2D eigenvalue weighted by Crippen LogP contribution is -2.26. The second kappa shape index (κ2) is 8.39. The van der Waals surface area contributed by atoms with Crippen molar-refractivity contribution in [3.05, 3.63) is 58.9 Å². The highest BCUT2D eigenvalue weighted by molar-refractivity contribution is 6.31. The lowest BCUT2D eigenvalue weighted by Gasteiger charge is -2.08. The van der Waals surface area contributed by atoms with Crippen LogP contribution < -0.4 is 10.1 Å². The van der Waals surface area contributed by atoms with Gasteiger partial charge in [-0.2, -0.15) is 0 Å². The molecule has 22 heavy (non-hydrogen) atoms. The molecule has 5 heteroatoms. The smallest absolute Gasteiger partial charge is 0.220 e. The topological polar surface area (TPSA) is 51.2 Å². The highest BCUT2D eigenvalue weighted by Crippen LogP contribution is 2.22. The van der Waals surface area contributed by atoms with Crippen molar-refractivity contribution < 1.29 is 9.53 Å². The minimum Gasteiger partial charge on any atom is -0.497 e. The summed E-state index contributed by atoms with van der Waals surface area (Å²) in [5.41, 5.74) is 1.92. The first-order valence-corrected chi connectivity index (χ1v) is 7.56. The molecular formula is C17H19ClN2O2. The quantitative estimate of drug-likeness (QED) is 0.853. The molecule has 0 saturated carbocycles. The number of aryl methyl sites for hydroxylation is 1. The summed E-state index contributed by atoms with van der Waals surface area (Å²) in [4.78, 5) is 16.0. The van der Waals surface area contributed by atoms with E-state index in [0.717, 1.165) is 17.0 Å². The van der Waals surface area contributed by atoms with Gasteiger partial charge < -0.3 is 10.1 Å². The van der Waals surface area contributed by atoms with E-state index in [9.17, 15) is 4.79 Å². The minimum absolute atomic E-state index is 0.0234. The molecule has 0 saturated heterocycles. The molecule has 4 nitrogen and oxygen atoms in total. The summed E-state index contributed by atoms with van der Waals surface area (Å²) in [6.45, 7) is 0.563. The third kappa shape index (κ3) is 5.04. The molecule has 0 atom stereocenters. The van der Waals surface area contributed by atoms with Crippen LogP contribution >= 0.6 is 11.6 Å². The normalized spacial score (nSPS) is 10.3. The molecule has 0 radical (unpaired) electrons. The number of pyridine rings is 1. The summed E-state index contributed by atoms with van der Waals surface area (Å²) in [6.07, 6.45) is 3.51. The van der Waals surface area contributed by atoms with Gasteiger partial charge in [-0.25, -0.2) is 0 Å². The van der Waals surface area contributed by atoms with Crippen LogP contribution in [0.15, 0.2) is 42.6 Å². The zero-order chi connectivity index (χ0) is 15.8. The fourth-order valence-electron chi connectivity index (χ4n) is 2.07. The molecule has 116 valence electrons. The molecule has 0 aliphatic heterocycles. The summed E-state index contributed by atoms with van der Waals surface area (Å²) < 4.78 is 5.11. The first kappa shape index (κ1) is 16.3. The van der Waals surface area contributed by atoms with Crippen molar-refractivity contribution in [3.63, 3.8) is 0 Å². The second-order valence-corrected chi connectivity index (χ2v) is 5.29. The van der Waals surface area contributed by atoms with E-state index in [1.807, 2.05) is 30.3 Å². The van der Waals surface area contributed by atoms with Gasteiger partial charge in [0.1, 0.15) is 5.75 Å². The Morgan fingerprint density at radius 3 is 2.82 bits per heavy atom. The SMILES string of the molecule is COc1ccc(CCNC(=O)CCc2ccccn2)c(Cl)c1. The summed E-state index contributed by atoms with van der Waals surface area (Å²) >= 11 is 6.16. The lowest BCUT2D eigenvalue weighted by molar-refractivity contribution is -0.121. The monoisotopic (exact) mass is 318 g/mol.